The van der Waals surface area contributed by atoms with Crippen LogP contribution in [0.4, 0.5) is 5.82 Å². The number of carbonyl (C=O) groups excluding carboxylic acids is 3. The maximum Gasteiger partial charge on any atom is 0.254 e. The average molecular weight is 400 g/mol. The Balaban J connectivity index is 1.73. The van der Waals surface area contributed by atoms with E-state index in [-0.39, 0.29) is 23.9 Å². The van der Waals surface area contributed by atoms with Crippen molar-refractivity contribution in [2.45, 2.75) is 13.5 Å². The van der Waals surface area contributed by atoms with Crippen LogP contribution in [0.25, 0.3) is 21.9 Å². The number of hydrogen-bond donors (Lipinski definition) is 2. The largest absolute Gasteiger partial charge is 0.366 e. The van der Waals surface area contributed by atoms with Gasteiger partial charge >= 0.3 is 0 Å². The van der Waals surface area contributed by atoms with Crippen molar-refractivity contribution in [3.63, 3.8) is 0 Å². The summed E-state index contributed by atoms with van der Waals surface area (Å²) in [6.45, 7) is 5.58. The molecule has 30 heavy (non-hydrogen) atoms. The molecule has 2 aromatic carbocycles. The summed E-state index contributed by atoms with van der Waals surface area (Å²) in [6.07, 6.45) is 1.64. The number of amides is 3. The molecule has 0 fully saturated rings. The first-order valence-corrected chi connectivity index (χ1v) is 9.40. The van der Waals surface area contributed by atoms with Gasteiger partial charge in [-0.05, 0) is 51.7 Å². The van der Waals surface area contributed by atoms with E-state index in [4.69, 9.17) is 5.73 Å². The molecule has 0 saturated heterocycles. The summed E-state index contributed by atoms with van der Waals surface area (Å²) in [4.78, 5) is 41.2. The van der Waals surface area contributed by atoms with Crippen molar-refractivity contribution in [3.8, 4) is 11.1 Å². The van der Waals surface area contributed by atoms with Crippen LogP contribution in [0, 0.1) is 0 Å². The van der Waals surface area contributed by atoms with Crippen molar-refractivity contribution >= 4 is 34.3 Å². The summed E-state index contributed by atoms with van der Waals surface area (Å²) in [6, 6.07) is 13.4. The van der Waals surface area contributed by atoms with E-state index in [2.05, 4.69) is 16.9 Å². The normalized spacial score (nSPS) is 12.7. The van der Waals surface area contributed by atoms with Crippen molar-refractivity contribution in [2.24, 2.45) is 5.73 Å². The number of benzene rings is 2. The molecule has 7 heteroatoms. The van der Waals surface area contributed by atoms with Crippen molar-refractivity contribution in [1.82, 2.24) is 9.88 Å². The highest BCUT2D eigenvalue weighted by atomic mass is 16.2. The number of nitrogens with two attached hydrogens (primary N) is 1. The highest BCUT2D eigenvalue weighted by molar-refractivity contribution is 6.05. The van der Waals surface area contributed by atoms with Crippen molar-refractivity contribution in [1.29, 1.82) is 0 Å². The van der Waals surface area contributed by atoms with E-state index in [0.717, 1.165) is 27.5 Å². The van der Waals surface area contributed by atoms with Gasteiger partial charge in [0.05, 0.1) is 6.54 Å². The highest BCUT2D eigenvalue weighted by Crippen LogP contribution is 2.33. The molecule has 3 amide bonds. The Hall–Kier alpha value is -4.00. The lowest BCUT2D eigenvalue weighted by Crippen LogP contribution is -2.30. The molecule has 0 saturated carbocycles. The summed E-state index contributed by atoms with van der Waals surface area (Å²) in [5, 5.41) is 4.66. The van der Waals surface area contributed by atoms with Crippen LogP contribution < -0.4 is 11.1 Å². The van der Waals surface area contributed by atoms with Crippen LogP contribution in [0.2, 0.25) is 0 Å². The molecule has 0 unspecified atom stereocenters. The van der Waals surface area contributed by atoms with Gasteiger partial charge in [-0.25, -0.2) is 4.98 Å². The number of nitrogens with one attached hydrogen (secondary N) is 1. The molecular weight excluding hydrogens is 380 g/mol. The Morgan fingerprint density at radius 1 is 1.17 bits per heavy atom. The molecule has 0 spiro atoms. The number of carbonyl (C=O) groups is 3. The van der Waals surface area contributed by atoms with E-state index >= 15 is 0 Å². The van der Waals surface area contributed by atoms with Crippen LogP contribution >= 0.6 is 0 Å². The van der Waals surface area contributed by atoms with Gasteiger partial charge in [0, 0.05) is 30.8 Å². The summed E-state index contributed by atoms with van der Waals surface area (Å²) >= 11 is 0. The molecule has 0 aliphatic carbocycles. The maximum absolute atomic E-state index is 12.8. The second-order valence-electron chi connectivity index (χ2n) is 7.27. The second kappa shape index (κ2) is 7.44. The maximum atomic E-state index is 12.8. The van der Waals surface area contributed by atoms with E-state index < -0.39 is 5.91 Å². The first-order valence-electron chi connectivity index (χ1n) is 9.40. The number of pyridine rings is 1. The Labute approximate surface area is 173 Å². The number of aromatic nitrogens is 1. The zero-order chi connectivity index (χ0) is 21.4. The number of fused-ring (bicyclic) bond motifs is 3. The molecule has 0 atom stereocenters. The smallest absolute Gasteiger partial charge is 0.254 e. The minimum atomic E-state index is -0.612. The molecule has 1 aliphatic heterocycles. The minimum absolute atomic E-state index is 0.106. The molecule has 150 valence electrons. The average Bonchev–Trinajstić information content (AvgIpc) is 3.03. The van der Waals surface area contributed by atoms with Crippen molar-refractivity contribution < 1.29 is 14.4 Å². The number of hydrogen-bond acceptors (Lipinski definition) is 4. The van der Waals surface area contributed by atoms with Crippen LogP contribution in [0.15, 0.2) is 60.8 Å². The lowest BCUT2D eigenvalue weighted by molar-refractivity contribution is -0.115. The van der Waals surface area contributed by atoms with Gasteiger partial charge in [0.1, 0.15) is 5.82 Å². The minimum Gasteiger partial charge on any atom is -0.366 e. The van der Waals surface area contributed by atoms with Crippen molar-refractivity contribution in [3.05, 3.63) is 71.9 Å². The zero-order valence-electron chi connectivity index (χ0n) is 16.4. The molecule has 3 aromatic rings. The molecule has 2 heterocycles. The van der Waals surface area contributed by atoms with Crippen LogP contribution in [0.1, 0.15) is 22.8 Å². The SMILES string of the molecule is C=C(CN1Cc2c(ccc3ccc(-c4ccnc(NC(C)=O)c4)cc23)C1=O)C(N)=O. The lowest BCUT2D eigenvalue weighted by Gasteiger charge is -2.15. The van der Waals surface area contributed by atoms with Crippen LogP contribution in [0.3, 0.4) is 0 Å². The Morgan fingerprint density at radius 3 is 2.63 bits per heavy atom. The van der Waals surface area contributed by atoms with Gasteiger partial charge in [-0.15, -0.1) is 0 Å². The van der Waals surface area contributed by atoms with Crippen molar-refractivity contribution in [2.75, 3.05) is 11.9 Å². The molecule has 4 rings (SSSR count). The number of rotatable bonds is 5. The lowest BCUT2D eigenvalue weighted by atomic mass is 9.96. The second-order valence-corrected chi connectivity index (χ2v) is 7.27. The predicted molar refractivity (Wildman–Crippen MR) is 115 cm³/mol. The molecule has 7 nitrogen and oxygen atoms in total. The molecular formula is C23H20N4O3. The monoisotopic (exact) mass is 400 g/mol. The standard InChI is InChI=1S/C23H20N4O3/c1-13(22(24)29)11-27-12-20-18(23(27)30)6-5-15-3-4-16(9-19(15)20)17-7-8-25-21(10-17)26-14(2)28/h3-10H,1,11-12H2,2H3,(H2,24,29)(H,25,26,28). The van der Waals surface area contributed by atoms with E-state index in [1.54, 1.807) is 17.2 Å². The first-order chi connectivity index (χ1) is 14.3. The molecule has 0 bridgehead atoms. The topological polar surface area (TPSA) is 105 Å². The van der Waals surface area contributed by atoms with E-state index in [1.807, 2.05) is 36.4 Å². The third-order valence-electron chi connectivity index (χ3n) is 5.13. The third kappa shape index (κ3) is 3.53. The van der Waals surface area contributed by atoms with Crippen LogP contribution in [-0.4, -0.2) is 34.2 Å². The molecule has 3 N–H and O–H groups in total. The fourth-order valence-corrected chi connectivity index (χ4v) is 3.66. The number of primary amides is 1. The van der Waals surface area contributed by atoms with E-state index in [0.29, 0.717) is 17.9 Å². The van der Waals surface area contributed by atoms with Crippen LogP contribution in [-0.2, 0) is 16.1 Å². The van der Waals surface area contributed by atoms with Gasteiger partial charge in [-0.1, -0.05) is 24.8 Å². The fraction of sp³-hybridized carbons (Fsp3) is 0.130. The van der Waals surface area contributed by atoms with Crippen LogP contribution in [0.5, 0.6) is 0 Å². The number of anilines is 1. The summed E-state index contributed by atoms with van der Waals surface area (Å²) < 4.78 is 0. The van der Waals surface area contributed by atoms with Gasteiger partial charge in [-0.3, -0.25) is 14.4 Å². The Morgan fingerprint density at radius 2 is 1.90 bits per heavy atom. The fourth-order valence-electron chi connectivity index (χ4n) is 3.66. The van der Waals surface area contributed by atoms with Gasteiger partial charge in [0.25, 0.3) is 5.91 Å². The van der Waals surface area contributed by atoms with Gasteiger partial charge in [-0.2, -0.15) is 0 Å². The molecule has 1 aliphatic rings. The molecule has 1 aromatic heterocycles. The van der Waals surface area contributed by atoms with E-state index in [9.17, 15) is 14.4 Å². The summed E-state index contributed by atoms with van der Waals surface area (Å²) in [5.41, 5.74) is 8.84. The quantitative estimate of drug-likeness (QED) is 0.643. The van der Waals surface area contributed by atoms with Gasteiger partial charge in [0.2, 0.25) is 11.8 Å². The zero-order valence-corrected chi connectivity index (χ0v) is 16.4. The van der Waals surface area contributed by atoms with E-state index in [1.165, 1.54) is 6.92 Å². The number of nitrogens with zero attached hydrogens (tertiary/aromatic N) is 2. The third-order valence-corrected chi connectivity index (χ3v) is 5.13. The van der Waals surface area contributed by atoms with Gasteiger partial charge < -0.3 is 16.0 Å². The first kappa shape index (κ1) is 19.3. The Bertz CT molecular complexity index is 1230. The summed E-state index contributed by atoms with van der Waals surface area (Å²) in [5.74, 6) is -0.466. The Kier molecular flexibility index (Phi) is 4.79. The predicted octanol–water partition coefficient (Wildman–Crippen LogP) is 2.86. The highest BCUT2D eigenvalue weighted by Gasteiger charge is 2.29. The summed E-state index contributed by atoms with van der Waals surface area (Å²) in [7, 11) is 0. The van der Waals surface area contributed by atoms with Gasteiger partial charge in [0.15, 0.2) is 0 Å². The molecule has 0 radical (unpaired) electrons.